The van der Waals surface area contributed by atoms with E-state index in [1.165, 1.54) is 0 Å². The first kappa shape index (κ1) is 13.3. The van der Waals surface area contributed by atoms with Crippen molar-refractivity contribution in [3.05, 3.63) is 31.1 Å². The molecule has 0 saturated heterocycles. The maximum atomic E-state index is 4.46. The van der Waals surface area contributed by atoms with Crippen LogP contribution in [0.2, 0.25) is 0 Å². The second-order valence-corrected chi connectivity index (χ2v) is 3.55. The monoisotopic (exact) mass is 235 g/mol. The van der Waals surface area contributed by atoms with Gasteiger partial charge in [-0.25, -0.2) is 0 Å². The summed E-state index contributed by atoms with van der Waals surface area (Å²) in [6.07, 6.45) is 6.55. The molecule has 1 aromatic heterocycles. The van der Waals surface area contributed by atoms with Crippen LogP contribution in [0, 0.1) is 0 Å². The van der Waals surface area contributed by atoms with Gasteiger partial charge >= 0.3 is 0 Å². The van der Waals surface area contributed by atoms with E-state index < -0.39 is 0 Å². The number of hydrogen-bond donors (Lipinski definition) is 2. The first-order chi connectivity index (χ1) is 8.36. The second kappa shape index (κ2) is 8.38. The van der Waals surface area contributed by atoms with Gasteiger partial charge in [0.2, 0.25) is 0 Å². The first-order valence-electron chi connectivity index (χ1n) is 5.97. The predicted molar refractivity (Wildman–Crippen MR) is 71.0 cm³/mol. The SMILES string of the molecule is C=CCNC(=NCCCn1cccn1)NCC. The Labute approximate surface area is 103 Å². The van der Waals surface area contributed by atoms with Crippen LogP contribution >= 0.6 is 0 Å². The Balaban J connectivity index is 2.25. The van der Waals surface area contributed by atoms with Gasteiger partial charge in [-0.05, 0) is 19.4 Å². The van der Waals surface area contributed by atoms with Crippen LogP contribution in [0.25, 0.3) is 0 Å². The Kier molecular flexibility index (Phi) is 6.55. The van der Waals surface area contributed by atoms with Crippen molar-refractivity contribution in [2.45, 2.75) is 19.9 Å². The average Bonchev–Trinajstić information content (AvgIpc) is 2.84. The van der Waals surface area contributed by atoms with Crippen molar-refractivity contribution in [1.29, 1.82) is 0 Å². The highest BCUT2D eigenvalue weighted by Crippen LogP contribution is 1.90. The topological polar surface area (TPSA) is 54.2 Å². The molecule has 0 aromatic carbocycles. The molecule has 5 heteroatoms. The minimum atomic E-state index is 0.727. The molecule has 17 heavy (non-hydrogen) atoms. The molecule has 1 heterocycles. The van der Waals surface area contributed by atoms with Crippen molar-refractivity contribution in [3.63, 3.8) is 0 Å². The summed E-state index contributed by atoms with van der Waals surface area (Å²) >= 11 is 0. The normalized spacial score (nSPS) is 11.2. The predicted octanol–water partition coefficient (Wildman–Crippen LogP) is 1.01. The number of hydrogen-bond acceptors (Lipinski definition) is 2. The van der Waals surface area contributed by atoms with E-state index in [1.54, 1.807) is 6.20 Å². The summed E-state index contributed by atoms with van der Waals surface area (Å²) < 4.78 is 1.92. The summed E-state index contributed by atoms with van der Waals surface area (Å²) in [6.45, 7) is 8.99. The highest BCUT2D eigenvalue weighted by atomic mass is 15.3. The van der Waals surface area contributed by atoms with E-state index in [0.717, 1.165) is 38.6 Å². The standard InChI is InChI=1S/C12H21N5/c1-3-7-14-12(13-4-2)15-8-5-10-17-11-6-9-16-17/h3,6,9,11H,1,4-5,7-8,10H2,2H3,(H2,13,14,15). The van der Waals surface area contributed by atoms with Crippen LogP contribution in [0.5, 0.6) is 0 Å². The third kappa shape index (κ3) is 5.75. The van der Waals surface area contributed by atoms with E-state index in [2.05, 4.69) is 34.2 Å². The summed E-state index contributed by atoms with van der Waals surface area (Å²) in [5, 5.41) is 10.5. The quantitative estimate of drug-likeness (QED) is 0.321. The lowest BCUT2D eigenvalue weighted by atomic mass is 10.4. The lowest BCUT2D eigenvalue weighted by Crippen LogP contribution is -2.37. The van der Waals surface area contributed by atoms with Gasteiger partial charge in [0.15, 0.2) is 5.96 Å². The number of aromatic nitrogens is 2. The number of aryl methyl sites for hydroxylation is 1. The molecule has 0 saturated carbocycles. The molecule has 5 nitrogen and oxygen atoms in total. The molecule has 0 aliphatic rings. The van der Waals surface area contributed by atoms with E-state index >= 15 is 0 Å². The van der Waals surface area contributed by atoms with Gasteiger partial charge in [0, 0.05) is 38.6 Å². The van der Waals surface area contributed by atoms with Crippen LogP contribution < -0.4 is 10.6 Å². The fraction of sp³-hybridized carbons (Fsp3) is 0.500. The van der Waals surface area contributed by atoms with E-state index in [1.807, 2.05) is 23.0 Å². The van der Waals surface area contributed by atoms with Gasteiger partial charge in [-0.15, -0.1) is 6.58 Å². The highest BCUT2D eigenvalue weighted by Gasteiger charge is 1.94. The number of nitrogens with zero attached hydrogens (tertiary/aromatic N) is 3. The summed E-state index contributed by atoms with van der Waals surface area (Å²) in [6, 6.07) is 1.93. The molecule has 0 spiro atoms. The van der Waals surface area contributed by atoms with Crippen LogP contribution in [0.3, 0.4) is 0 Å². The zero-order valence-electron chi connectivity index (χ0n) is 10.4. The van der Waals surface area contributed by atoms with Crippen molar-refractivity contribution < 1.29 is 0 Å². The fourth-order valence-electron chi connectivity index (χ4n) is 1.37. The molecule has 1 aromatic rings. The Hall–Kier alpha value is -1.78. The fourth-order valence-corrected chi connectivity index (χ4v) is 1.37. The summed E-state index contributed by atoms with van der Waals surface area (Å²) in [4.78, 5) is 4.46. The third-order valence-corrected chi connectivity index (χ3v) is 2.13. The number of aliphatic imine (C=N–C) groups is 1. The molecule has 94 valence electrons. The van der Waals surface area contributed by atoms with Gasteiger partial charge in [-0.1, -0.05) is 6.08 Å². The average molecular weight is 235 g/mol. The Morgan fingerprint density at radius 3 is 3.06 bits per heavy atom. The van der Waals surface area contributed by atoms with Crippen LogP contribution in [-0.2, 0) is 6.54 Å². The van der Waals surface area contributed by atoms with Crippen LogP contribution in [0.4, 0.5) is 0 Å². The minimum Gasteiger partial charge on any atom is -0.357 e. The zero-order chi connectivity index (χ0) is 12.3. The lowest BCUT2D eigenvalue weighted by molar-refractivity contribution is 0.584. The van der Waals surface area contributed by atoms with E-state index in [0.29, 0.717) is 0 Å². The van der Waals surface area contributed by atoms with Crippen molar-refractivity contribution in [2.24, 2.45) is 4.99 Å². The lowest BCUT2D eigenvalue weighted by Gasteiger charge is -2.09. The molecule has 0 fully saturated rings. The summed E-state index contributed by atoms with van der Waals surface area (Å²) in [5.41, 5.74) is 0. The molecule has 0 unspecified atom stereocenters. The largest absolute Gasteiger partial charge is 0.357 e. The van der Waals surface area contributed by atoms with Gasteiger partial charge in [0.25, 0.3) is 0 Å². The third-order valence-electron chi connectivity index (χ3n) is 2.13. The van der Waals surface area contributed by atoms with E-state index in [9.17, 15) is 0 Å². The van der Waals surface area contributed by atoms with Crippen molar-refractivity contribution in [3.8, 4) is 0 Å². The molecule has 0 radical (unpaired) electrons. The smallest absolute Gasteiger partial charge is 0.191 e. The molecule has 0 amide bonds. The summed E-state index contributed by atoms with van der Waals surface area (Å²) in [5.74, 6) is 0.841. The molecular weight excluding hydrogens is 214 g/mol. The Morgan fingerprint density at radius 2 is 2.41 bits per heavy atom. The van der Waals surface area contributed by atoms with E-state index in [4.69, 9.17) is 0 Å². The minimum absolute atomic E-state index is 0.727. The maximum absolute atomic E-state index is 4.46. The molecule has 0 aliphatic heterocycles. The Bertz CT molecular complexity index is 329. The number of rotatable bonds is 7. The van der Waals surface area contributed by atoms with Crippen LogP contribution in [0.1, 0.15) is 13.3 Å². The molecule has 1 rings (SSSR count). The number of guanidine groups is 1. The van der Waals surface area contributed by atoms with E-state index in [-0.39, 0.29) is 0 Å². The van der Waals surface area contributed by atoms with Gasteiger partial charge in [0.05, 0.1) is 0 Å². The highest BCUT2D eigenvalue weighted by molar-refractivity contribution is 5.79. The van der Waals surface area contributed by atoms with Gasteiger partial charge in [0.1, 0.15) is 0 Å². The summed E-state index contributed by atoms with van der Waals surface area (Å²) in [7, 11) is 0. The number of nitrogens with one attached hydrogen (secondary N) is 2. The van der Waals surface area contributed by atoms with Gasteiger partial charge in [-0.2, -0.15) is 5.10 Å². The van der Waals surface area contributed by atoms with Crippen molar-refractivity contribution >= 4 is 5.96 Å². The molecule has 0 atom stereocenters. The molecule has 2 N–H and O–H groups in total. The van der Waals surface area contributed by atoms with Crippen LogP contribution in [-0.4, -0.2) is 35.4 Å². The van der Waals surface area contributed by atoms with Crippen LogP contribution in [0.15, 0.2) is 36.1 Å². The Morgan fingerprint density at radius 1 is 1.53 bits per heavy atom. The molecule has 0 aliphatic carbocycles. The van der Waals surface area contributed by atoms with Crippen molar-refractivity contribution in [2.75, 3.05) is 19.6 Å². The molecule has 0 bridgehead atoms. The van der Waals surface area contributed by atoms with Crippen molar-refractivity contribution in [1.82, 2.24) is 20.4 Å². The molecular formula is C12H21N5. The van der Waals surface area contributed by atoms with Gasteiger partial charge < -0.3 is 10.6 Å². The zero-order valence-corrected chi connectivity index (χ0v) is 10.4. The van der Waals surface area contributed by atoms with Gasteiger partial charge in [-0.3, -0.25) is 9.67 Å². The first-order valence-corrected chi connectivity index (χ1v) is 5.97. The maximum Gasteiger partial charge on any atom is 0.191 e. The second-order valence-electron chi connectivity index (χ2n) is 3.55.